The quantitative estimate of drug-likeness (QED) is 0.249. The van der Waals surface area contributed by atoms with Crippen molar-refractivity contribution in [2.24, 2.45) is 4.99 Å². The monoisotopic (exact) mass is 523 g/mol. The van der Waals surface area contributed by atoms with Crippen molar-refractivity contribution in [3.8, 4) is 0 Å². The smallest absolute Gasteiger partial charge is 0.191 e. The minimum absolute atomic E-state index is 0. The van der Waals surface area contributed by atoms with Crippen molar-refractivity contribution in [3.05, 3.63) is 29.8 Å². The van der Waals surface area contributed by atoms with Crippen molar-refractivity contribution in [3.63, 3.8) is 0 Å². The Morgan fingerprint density at radius 3 is 2.72 bits per heavy atom. The van der Waals surface area contributed by atoms with Crippen LogP contribution in [-0.4, -0.2) is 76.4 Å². The summed E-state index contributed by atoms with van der Waals surface area (Å²) in [5, 5.41) is 6.77. The molecule has 3 rings (SSSR count). The number of aliphatic imine (C=N–C) groups is 1. The van der Waals surface area contributed by atoms with E-state index in [1.807, 2.05) is 4.90 Å². The topological polar surface area (TPSA) is 52.1 Å². The maximum Gasteiger partial charge on any atom is 0.191 e. The van der Waals surface area contributed by atoms with Gasteiger partial charge in [0.1, 0.15) is 11.6 Å². The molecule has 0 aliphatic carbocycles. The van der Waals surface area contributed by atoms with Crippen LogP contribution in [0.4, 0.5) is 14.5 Å². The molecule has 2 fully saturated rings. The lowest BCUT2D eigenvalue weighted by atomic mass is 10.2. The van der Waals surface area contributed by atoms with Gasteiger partial charge < -0.3 is 20.3 Å². The fourth-order valence-electron chi connectivity index (χ4n) is 3.71. The highest BCUT2D eigenvalue weighted by atomic mass is 127. The van der Waals surface area contributed by atoms with Gasteiger partial charge in [-0.3, -0.25) is 9.89 Å². The number of ether oxygens (including phenoxy) is 1. The highest BCUT2D eigenvalue weighted by Gasteiger charge is 2.25. The van der Waals surface area contributed by atoms with E-state index in [1.54, 1.807) is 7.05 Å². The third kappa shape index (κ3) is 7.53. The Morgan fingerprint density at radius 1 is 1.21 bits per heavy atom. The van der Waals surface area contributed by atoms with Gasteiger partial charge in [-0.15, -0.1) is 24.0 Å². The normalized spacial score (nSPS) is 20.4. The Bertz CT molecular complexity index is 658. The van der Waals surface area contributed by atoms with Crippen LogP contribution >= 0.6 is 24.0 Å². The van der Waals surface area contributed by atoms with E-state index in [0.29, 0.717) is 12.2 Å². The van der Waals surface area contributed by atoms with Crippen molar-refractivity contribution in [2.45, 2.75) is 25.3 Å². The zero-order chi connectivity index (χ0) is 19.8. The van der Waals surface area contributed by atoms with Crippen LogP contribution in [0.25, 0.3) is 0 Å². The summed E-state index contributed by atoms with van der Waals surface area (Å²) in [4.78, 5) is 8.68. The lowest BCUT2D eigenvalue weighted by Gasteiger charge is -2.26. The van der Waals surface area contributed by atoms with Gasteiger partial charge in [0.2, 0.25) is 0 Å². The highest BCUT2D eigenvalue weighted by Crippen LogP contribution is 2.24. The van der Waals surface area contributed by atoms with E-state index in [9.17, 15) is 8.78 Å². The molecule has 0 radical (unpaired) electrons. The lowest BCUT2D eigenvalue weighted by molar-refractivity contribution is 0.0372. The first kappa shape index (κ1) is 24.1. The van der Waals surface area contributed by atoms with Gasteiger partial charge in [0.25, 0.3) is 0 Å². The summed E-state index contributed by atoms with van der Waals surface area (Å²) in [5.74, 6) is -0.283. The molecule has 2 N–H and O–H groups in total. The van der Waals surface area contributed by atoms with Crippen molar-refractivity contribution < 1.29 is 13.5 Å². The van der Waals surface area contributed by atoms with E-state index < -0.39 is 11.6 Å². The Kier molecular flexibility index (Phi) is 10.4. The third-order valence-electron chi connectivity index (χ3n) is 5.30. The molecule has 2 aliphatic heterocycles. The van der Waals surface area contributed by atoms with E-state index in [4.69, 9.17) is 4.74 Å². The molecule has 1 aromatic carbocycles. The standard InChI is InChI=1S/C20H31F2N5O.HI/c1-23-20(24-7-2-3-8-26-10-12-28-13-11-26)25-17-6-9-27(15-17)19-5-4-16(21)14-18(19)22;/h4-5,14,17H,2-3,6-13,15H2,1H3,(H2,23,24,25);1H. The van der Waals surface area contributed by atoms with Crippen molar-refractivity contribution in [1.29, 1.82) is 0 Å². The number of nitrogens with zero attached hydrogens (tertiary/aromatic N) is 3. The number of unbranched alkanes of at least 4 members (excludes halogenated alkanes) is 1. The Morgan fingerprint density at radius 2 is 2.00 bits per heavy atom. The number of hydrogen-bond donors (Lipinski definition) is 2. The van der Waals surface area contributed by atoms with Crippen LogP contribution in [0.5, 0.6) is 0 Å². The Hall–Kier alpha value is -1.20. The SMILES string of the molecule is CN=C(NCCCCN1CCOCC1)NC1CCN(c2ccc(F)cc2F)C1.I. The van der Waals surface area contributed by atoms with Gasteiger partial charge in [-0.25, -0.2) is 8.78 Å². The van der Waals surface area contributed by atoms with Crippen molar-refractivity contribution >= 4 is 35.6 Å². The van der Waals surface area contributed by atoms with Crippen molar-refractivity contribution in [1.82, 2.24) is 15.5 Å². The number of benzene rings is 1. The van der Waals surface area contributed by atoms with E-state index in [2.05, 4.69) is 20.5 Å². The maximum absolute atomic E-state index is 14.0. The molecule has 0 saturated carbocycles. The number of anilines is 1. The summed E-state index contributed by atoms with van der Waals surface area (Å²) in [6.07, 6.45) is 3.11. The Balaban J connectivity index is 0.00000300. The van der Waals surface area contributed by atoms with Gasteiger partial charge in [0, 0.05) is 51.9 Å². The molecule has 9 heteroatoms. The van der Waals surface area contributed by atoms with Crippen LogP contribution in [-0.2, 0) is 4.74 Å². The summed E-state index contributed by atoms with van der Waals surface area (Å²) < 4.78 is 32.5. The van der Waals surface area contributed by atoms with Crippen LogP contribution in [0.2, 0.25) is 0 Å². The molecule has 1 atom stereocenters. The number of nitrogens with one attached hydrogen (secondary N) is 2. The molecule has 6 nitrogen and oxygen atoms in total. The summed E-state index contributed by atoms with van der Waals surface area (Å²) in [7, 11) is 1.76. The molecule has 1 aromatic rings. The molecule has 29 heavy (non-hydrogen) atoms. The van der Waals surface area contributed by atoms with E-state index in [-0.39, 0.29) is 30.0 Å². The first-order valence-electron chi connectivity index (χ1n) is 10.1. The van der Waals surface area contributed by atoms with Gasteiger partial charge in [0.05, 0.1) is 18.9 Å². The van der Waals surface area contributed by atoms with Crippen LogP contribution in [0.3, 0.4) is 0 Å². The fourth-order valence-corrected chi connectivity index (χ4v) is 3.71. The number of rotatable bonds is 7. The van der Waals surface area contributed by atoms with Gasteiger partial charge in [-0.1, -0.05) is 0 Å². The molecule has 2 saturated heterocycles. The zero-order valence-corrected chi connectivity index (χ0v) is 19.3. The Labute approximate surface area is 189 Å². The van der Waals surface area contributed by atoms with E-state index in [0.717, 1.165) is 77.2 Å². The van der Waals surface area contributed by atoms with Crippen LogP contribution in [0.1, 0.15) is 19.3 Å². The fraction of sp³-hybridized carbons (Fsp3) is 0.650. The molecule has 0 bridgehead atoms. The molecule has 2 aliphatic rings. The predicted molar refractivity (Wildman–Crippen MR) is 123 cm³/mol. The van der Waals surface area contributed by atoms with Gasteiger partial charge in [0.15, 0.2) is 5.96 Å². The second kappa shape index (κ2) is 12.5. The number of halogens is 3. The highest BCUT2D eigenvalue weighted by molar-refractivity contribution is 14.0. The summed E-state index contributed by atoms with van der Waals surface area (Å²) >= 11 is 0. The maximum atomic E-state index is 14.0. The first-order valence-corrected chi connectivity index (χ1v) is 10.1. The zero-order valence-electron chi connectivity index (χ0n) is 17.0. The lowest BCUT2D eigenvalue weighted by Crippen LogP contribution is -2.45. The molecule has 164 valence electrons. The molecule has 1 unspecified atom stereocenters. The van der Waals surface area contributed by atoms with Crippen LogP contribution in [0, 0.1) is 11.6 Å². The van der Waals surface area contributed by atoms with E-state index in [1.165, 1.54) is 12.1 Å². The predicted octanol–water partition coefficient (Wildman–Crippen LogP) is 2.44. The number of morpholine rings is 1. The largest absolute Gasteiger partial charge is 0.379 e. The number of hydrogen-bond acceptors (Lipinski definition) is 4. The summed E-state index contributed by atoms with van der Waals surface area (Å²) in [6, 6.07) is 3.93. The second-order valence-corrected chi connectivity index (χ2v) is 7.33. The molecule has 0 aromatic heterocycles. The average molecular weight is 523 g/mol. The van der Waals surface area contributed by atoms with Crippen molar-refractivity contribution in [2.75, 3.05) is 64.4 Å². The number of guanidine groups is 1. The van der Waals surface area contributed by atoms with Crippen LogP contribution in [0.15, 0.2) is 23.2 Å². The van der Waals surface area contributed by atoms with E-state index >= 15 is 0 Å². The van der Waals surface area contributed by atoms with Crippen LogP contribution < -0.4 is 15.5 Å². The minimum atomic E-state index is -0.548. The molecule has 0 amide bonds. The molecular formula is C20H32F2IN5O. The third-order valence-corrected chi connectivity index (χ3v) is 5.30. The summed E-state index contributed by atoms with van der Waals surface area (Å²) in [5.41, 5.74) is 0.455. The second-order valence-electron chi connectivity index (χ2n) is 7.33. The summed E-state index contributed by atoms with van der Waals surface area (Å²) in [6.45, 7) is 7.12. The molecule has 2 heterocycles. The first-order chi connectivity index (χ1) is 13.7. The van der Waals surface area contributed by atoms with Gasteiger partial charge in [-0.2, -0.15) is 0 Å². The van der Waals surface area contributed by atoms with Gasteiger partial charge >= 0.3 is 0 Å². The molecule has 0 spiro atoms. The average Bonchev–Trinajstić information content (AvgIpc) is 3.15. The minimum Gasteiger partial charge on any atom is -0.379 e. The van der Waals surface area contributed by atoms with Gasteiger partial charge in [-0.05, 0) is 37.9 Å². The molecular weight excluding hydrogens is 491 g/mol.